The van der Waals surface area contributed by atoms with Gasteiger partial charge in [0.15, 0.2) is 0 Å². The van der Waals surface area contributed by atoms with Crippen molar-refractivity contribution in [1.82, 2.24) is 14.7 Å². The topological polar surface area (TPSA) is 64.2 Å². The van der Waals surface area contributed by atoms with Gasteiger partial charge in [0.05, 0.1) is 0 Å². The Balaban J connectivity index is 1.55. The predicted octanol–water partition coefficient (Wildman–Crippen LogP) is 4.01. The summed E-state index contributed by atoms with van der Waals surface area (Å²) in [5.74, 6) is 0.235. The number of hydrogen-bond acceptors (Lipinski definition) is 4. The van der Waals surface area contributed by atoms with Crippen molar-refractivity contribution >= 4 is 11.6 Å². The standard InChI is InChI=1S/C21H17FN4O2/c1-25(17-6-3-2-4-7-17)19(27)14-26-13-5-8-18(26)21-23-20(24-28-21)15-9-11-16(22)12-10-15/h2-13H,14H2,1H3. The van der Waals surface area contributed by atoms with Crippen LogP contribution in [0.25, 0.3) is 23.0 Å². The van der Waals surface area contributed by atoms with Crippen LogP contribution in [0.15, 0.2) is 77.4 Å². The van der Waals surface area contributed by atoms with Gasteiger partial charge < -0.3 is 14.0 Å². The third-order valence-electron chi connectivity index (χ3n) is 4.40. The number of likely N-dealkylation sites (N-methyl/N-ethyl adjacent to an activating group) is 1. The number of rotatable bonds is 5. The summed E-state index contributed by atoms with van der Waals surface area (Å²) in [7, 11) is 1.74. The highest BCUT2D eigenvalue weighted by molar-refractivity contribution is 5.92. The molecule has 0 radical (unpaired) electrons. The van der Waals surface area contributed by atoms with E-state index in [4.69, 9.17) is 4.52 Å². The van der Waals surface area contributed by atoms with Crippen molar-refractivity contribution < 1.29 is 13.7 Å². The van der Waals surface area contributed by atoms with Crippen molar-refractivity contribution in [3.8, 4) is 23.0 Å². The number of aromatic nitrogens is 3. The van der Waals surface area contributed by atoms with E-state index in [0.29, 0.717) is 23.0 Å². The van der Waals surface area contributed by atoms with Gasteiger partial charge >= 0.3 is 0 Å². The minimum absolute atomic E-state index is 0.0816. The molecule has 0 spiro atoms. The van der Waals surface area contributed by atoms with E-state index in [1.165, 1.54) is 12.1 Å². The minimum atomic E-state index is -0.331. The van der Waals surface area contributed by atoms with E-state index in [-0.39, 0.29) is 18.3 Å². The van der Waals surface area contributed by atoms with E-state index in [2.05, 4.69) is 10.1 Å². The molecule has 0 fully saturated rings. The van der Waals surface area contributed by atoms with Gasteiger partial charge in [0.2, 0.25) is 11.7 Å². The number of nitrogens with zero attached hydrogens (tertiary/aromatic N) is 4. The Morgan fingerprint density at radius 2 is 1.82 bits per heavy atom. The fourth-order valence-electron chi connectivity index (χ4n) is 2.84. The molecule has 4 rings (SSSR count). The molecule has 7 heteroatoms. The van der Waals surface area contributed by atoms with Crippen LogP contribution in [0, 0.1) is 5.82 Å². The quantitative estimate of drug-likeness (QED) is 0.528. The van der Waals surface area contributed by atoms with Gasteiger partial charge in [-0.15, -0.1) is 0 Å². The van der Waals surface area contributed by atoms with Crippen molar-refractivity contribution in [1.29, 1.82) is 0 Å². The maximum absolute atomic E-state index is 13.1. The molecule has 140 valence electrons. The third kappa shape index (κ3) is 3.55. The summed E-state index contributed by atoms with van der Waals surface area (Å²) < 4.78 is 20.2. The van der Waals surface area contributed by atoms with Crippen LogP contribution in [-0.4, -0.2) is 27.7 Å². The molecule has 0 N–H and O–H groups in total. The van der Waals surface area contributed by atoms with Crippen molar-refractivity contribution in [3.63, 3.8) is 0 Å². The molecule has 0 saturated carbocycles. The fourth-order valence-corrected chi connectivity index (χ4v) is 2.84. The molecule has 6 nitrogen and oxygen atoms in total. The molecule has 2 aromatic heterocycles. The molecule has 2 aromatic carbocycles. The highest BCUT2D eigenvalue weighted by Crippen LogP contribution is 2.23. The number of carbonyl (C=O) groups excluding carboxylic acids is 1. The second-order valence-electron chi connectivity index (χ2n) is 6.24. The van der Waals surface area contributed by atoms with Crippen LogP contribution < -0.4 is 4.90 Å². The van der Waals surface area contributed by atoms with E-state index in [1.54, 1.807) is 40.9 Å². The number of hydrogen-bond donors (Lipinski definition) is 0. The molecule has 0 aliphatic carbocycles. The number of carbonyl (C=O) groups is 1. The Labute approximate surface area is 160 Å². The number of amides is 1. The smallest absolute Gasteiger partial charge is 0.274 e. The molecule has 0 unspecified atom stereocenters. The van der Waals surface area contributed by atoms with E-state index >= 15 is 0 Å². The number of para-hydroxylation sites is 1. The van der Waals surface area contributed by atoms with E-state index < -0.39 is 0 Å². The predicted molar refractivity (Wildman–Crippen MR) is 103 cm³/mol. The maximum Gasteiger partial charge on any atom is 0.274 e. The lowest BCUT2D eigenvalue weighted by molar-refractivity contribution is -0.118. The number of halogens is 1. The summed E-state index contributed by atoms with van der Waals surface area (Å²) in [6.07, 6.45) is 1.79. The van der Waals surface area contributed by atoms with Crippen LogP contribution in [0.2, 0.25) is 0 Å². The molecule has 0 saturated heterocycles. The molecular weight excluding hydrogens is 359 g/mol. The number of benzene rings is 2. The fraction of sp³-hybridized carbons (Fsp3) is 0.0952. The van der Waals surface area contributed by atoms with E-state index in [9.17, 15) is 9.18 Å². The maximum atomic E-state index is 13.1. The summed E-state index contributed by atoms with van der Waals surface area (Å²) >= 11 is 0. The zero-order valence-electron chi connectivity index (χ0n) is 15.1. The summed E-state index contributed by atoms with van der Waals surface area (Å²) in [6, 6.07) is 18.9. The Bertz CT molecular complexity index is 1090. The van der Waals surface area contributed by atoms with Crippen LogP contribution >= 0.6 is 0 Å². The lowest BCUT2D eigenvalue weighted by Gasteiger charge is -2.18. The van der Waals surface area contributed by atoms with Crippen molar-refractivity contribution in [2.24, 2.45) is 0 Å². The van der Waals surface area contributed by atoms with E-state index in [0.717, 1.165) is 5.69 Å². The zero-order chi connectivity index (χ0) is 19.5. The first-order valence-corrected chi connectivity index (χ1v) is 8.68. The minimum Gasteiger partial charge on any atom is -0.334 e. The summed E-state index contributed by atoms with van der Waals surface area (Å²) in [6.45, 7) is 0.127. The molecule has 4 aromatic rings. The second-order valence-corrected chi connectivity index (χ2v) is 6.24. The number of anilines is 1. The van der Waals surface area contributed by atoms with Crippen molar-refractivity contribution in [3.05, 3.63) is 78.7 Å². The molecule has 0 atom stereocenters. The second kappa shape index (κ2) is 7.48. The average molecular weight is 376 g/mol. The highest BCUT2D eigenvalue weighted by atomic mass is 19.1. The summed E-state index contributed by atoms with van der Waals surface area (Å²) in [4.78, 5) is 18.6. The highest BCUT2D eigenvalue weighted by Gasteiger charge is 2.17. The Kier molecular flexibility index (Phi) is 4.72. The van der Waals surface area contributed by atoms with Gasteiger partial charge in [0.25, 0.3) is 5.89 Å². The van der Waals surface area contributed by atoms with Gasteiger partial charge in [-0.2, -0.15) is 4.98 Å². The average Bonchev–Trinajstić information content (AvgIpc) is 3.38. The van der Waals surface area contributed by atoms with Gasteiger partial charge in [-0.3, -0.25) is 4.79 Å². The molecule has 1 amide bonds. The first kappa shape index (κ1) is 17.7. The van der Waals surface area contributed by atoms with Gasteiger partial charge in [0.1, 0.15) is 18.1 Å². The van der Waals surface area contributed by atoms with E-state index in [1.807, 2.05) is 36.4 Å². The normalized spacial score (nSPS) is 10.8. The van der Waals surface area contributed by atoms with Crippen LogP contribution in [-0.2, 0) is 11.3 Å². The molecule has 0 bridgehead atoms. The first-order valence-electron chi connectivity index (χ1n) is 8.68. The zero-order valence-corrected chi connectivity index (χ0v) is 15.1. The van der Waals surface area contributed by atoms with Crippen LogP contribution in [0.4, 0.5) is 10.1 Å². The van der Waals surface area contributed by atoms with Crippen molar-refractivity contribution in [2.75, 3.05) is 11.9 Å². The monoisotopic (exact) mass is 376 g/mol. The largest absolute Gasteiger partial charge is 0.334 e. The lowest BCUT2D eigenvalue weighted by atomic mass is 10.2. The Hall–Kier alpha value is -3.74. The Morgan fingerprint density at radius 3 is 2.57 bits per heavy atom. The molecule has 0 aliphatic rings. The van der Waals surface area contributed by atoms with Crippen LogP contribution in [0.3, 0.4) is 0 Å². The van der Waals surface area contributed by atoms with Crippen LogP contribution in [0.1, 0.15) is 0 Å². The lowest BCUT2D eigenvalue weighted by Crippen LogP contribution is -2.29. The third-order valence-corrected chi connectivity index (χ3v) is 4.40. The SMILES string of the molecule is CN(C(=O)Cn1cccc1-c1nc(-c2ccc(F)cc2)no1)c1ccccc1. The molecular formula is C21H17FN4O2. The van der Waals surface area contributed by atoms with Crippen LogP contribution in [0.5, 0.6) is 0 Å². The van der Waals surface area contributed by atoms with Gasteiger partial charge in [-0.05, 0) is 48.5 Å². The van der Waals surface area contributed by atoms with Gasteiger partial charge in [-0.25, -0.2) is 4.39 Å². The summed E-state index contributed by atoms with van der Waals surface area (Å²) in [5, 5.41) is 3.96. The Morgan fingerprint density at radius 1 is 1.07 bits per heavy atom. The van der Waals surface area contributed by atoms with Crippen molar-refractivity contribution in [2.45, 2.75) is 6.54 Å². The molecule has 28 heavy (non-hydrogen) atoms. The summed E-state index contributed by atoms with van der Waals surface area (Å²) in [5.41, 5.74) is 2.10. The van der Waals surface area contributed by atoms with Gasteiger partial charge in [0, 0.05) is 24.5 Å². The first-order chi connectivity index (χ1) is 13.6. The molecule has 0 aliphatic heterocycles. The molecule has 2 heterocycles. The van der Waals surface area contributed by atoms with Gasteiger partial charge in [-0.1, -0.05) is 23.4 Å².